The number of amides is 1. The van der Waals surface area contributed by atoms with Crippen molar-refractivity contribution in [2.75, 3.05) is 0 Å². The molecule has 1 amide bonds. The number of hydrazone groups is 1. The van der Waals surface area contributed by atoms with Gasteiger partial charge in [-0.2, -0.15) is 5.01 Å². The van der Waals surface area contributed by atoms with Gasteiger partial charge >= 0.3 is 0 Å². The molecule has 1 atom stereocenters. The largest absolute Gasteiger partial charge is 0.446 e. The Kier molecular flexibility index (Phi) is 4.18. The van der Waals surface area contributed by atoms with E-state index < -0.39 is 6.23 Å². The predicted octanol–water partition coefficient (Wildman–Crippen LogP) is 4.34. The summed E-state index contributed by atoms with van der Waals surface area (Å²) in [6, 6.07) is 14.8. The molecule has 0 N–H and O–H groups in total. The lowest BCUT2D eigenvalue weighted by Gasteiger charge is -2.20. The van der Waals surface area contributed by atoms with Crippen LogP contribution in [0.1, 0.15) is 24.3 Å². The first kappa shape index (κ1) is 15.1. The summed E-state index contributed by atoms with van der Waals surface area (Å²) in [4.78, 5) is 11.9. The van der Waals surface area contributed by atoms with Crippen LogP contribution in [0.15, 0.2) is 58.1 Å². The lowest BCUT2D eigenvalue weighted by molar-refractivity contribution is -0.135. The number of ether oxygens (including phenoxy) is 1. The topological polar surface area (TPSA) is 41.9 Å². The molecule has 0 aliphatic carbocycles. The Balaban J connectivity index is 2.01. The molecule has 0 aromatic heterocycles. The highest BCUT2D eigenvalue weighted by atomic mass is 79.9. The van der Waals surface area contributed by atoms with Gasteiger partial charge in [0.25, 0.3) is 0 Å². The Hall–Kier alpha value is -1.85. The predicted molar refractivity (Wildman–Crippen MR) is 88.5 cm³/mol. The van der Waals surface area contributed by atoms with Crippen molar-refractivity contribution >= 4 is 39.3 Å². The van der Waals surface area contributed by atoms with Crippen LogP contribution in [0.25, 0.3) is 0 Å². The van der Waals surface area contributed by atoms with Crippen LogP contribution in [-0.4, -0.2) is 16.8 Å². The smallest absolute Gasteiger partial charge is 0.243 e. The Morgan fingerprint density at radius 1 is 1.23 bits per heavy atom. The van der Waals surface area contributed by atoms with E-state index in [9.17, 15) is 4.79 Å². The van der Waals surface area contributed by atoms with Crippen LogP contribution in [-0.2, 0) is 9.53 Å². The molecule has 0 fully saturated rings. The molecular formula is C16H12BrClN2O2. The first-order chi connectivity index (χ1) is 10.6. The summed E-state index contributed by atoms with van der Waals surface area (Å²) in [5.74, 6) is 0.166. The minimum absolute atomic E-state index is 0.216. The zero-order valence-corrected chi connectivity index (χ0v) is 14.0. The van der Waals surface area contributed by atoms with Gasteiger partial charge in [0.05, 0.1) is 5.56 Å². The Bertz CT molecular complexity index is 763. The van der Waals surface area contributed by atoms with Crippen LogP contribution < -0.4 is 0 Å². The van der Waals surface area contributed by atoms with Crippen molar-refractivity contribution in [3.8, 4) is 0 Å². The third-order valence-corrected chi connectivity index (χ3v) is 4.28. The lowest BCUT2D eigenvalue weighted by Crippen LogP contribution is -2.25. The Morgan fingerprint density at radius 3 is 2.59 bits per heavy atom. The van der Waals surface area contributed by atoms with Crippen LogP contribution >= 0.6 is 27.5 Å². The van der Waals surface area contributed by atoms with Gasteiger partial charge in [-0.15, -0.1) is 5.10 Å². The highest BCUT2D eigenvalue weighted by molar-refractivity contribution is 9.10. The molecule has 2 aromatic carbocycles. The lowest BCUT2D eigenvalue weighted by atomic mass is 10.2. The highest BCUT2D eigenvalue weighted by Gasteiger charge is 2.34. The van der Waals surface area contributed by atoms with Crippen LogP contribution in [0.5, 0.6) is 0 Å². The molecule has 22 heavy (non-hydrogen) atoms. The van der Waals surface area contributed by atoms with Gasteiger partial charge in [0.1, 0.15) is 0 Å². The first-order valence-electron chi connectivity index (χ1n) is 6.62. The molecule has 6 heteroatoms. The maximum Gasteiger partial charge on any atom is 0.243 e. The molecule has 0 radical (unpaired) electrons. The van der Waals surface area contributed by atoms with E-state index in [0.29, 0.717) is 16.5 Å². The van der Waals surface area contributed by atoms with Gasteiger partial charge in [-0.3, -0.25) is 4.79 Å². The van der Waals surface area contributed by atoms with Gasteiger partial charge in [-0.25, -0.2) is 0 Å². The molecule has 1 unspecified atom stereocenters. The summed E-state index contributed by atoms with van der Waals surface area (Å²) in [6.45, 7) is 1.44. The van der Waals surface area contributed by atoms with E-state index >= 15 is 0 Å². The van der Waals surface area contributed by atoms with E-state index in [1.165, 1.54) is 11.9 Å². The zero-order valence-electron chi connectivity index (χ0n) is 11.7. The van der Waals surface area contributed by atoms with E-state index in [1.54, 1.807) is 6.07 Å². The average molecular weight is 380 g/mol. The van der Waals surface area contributed by atoms with Crippen LogP contribution in [0.3, 0.4) is 0 Å². The fourth-order valence-corrected chi connectivity index (χ4v) is 2.87. The van der Waals surface area contributed by atoms with Crippen molar-refractivity contribution in [1.29, 1.82) is 0 Å². The van der Waals surface area contributed by atoms with E-state index in [2.05, 4.69) is 21.0 Å². The van der Waals surface area contributed by atoms with Crippen molar-refractivity contribution in [2.45, 2.75) is 13.2 Å². The molecule has 0 bridgehead atoms. The minimum Gasteiger partial charge on any atom is -0.446 e. The number of hydrogen-bond donors (Lipinski definition) is 0. The summed E-state index contributed by atoms with van der Waals surface area (Å²) in [6.07, 6.45) is -0.659. The summed E-state index contributed by atoms with van der Waals surface area (Å²) < 4.78 is 6.75. The third-order valence-electron chi connectivity index (χ3n) is 3.24. The minimum atomic E-state index is -0.659. The molecule has 4 nitrogen and oxygen atoms in total. The number of hydrogen-bond acceptors (Lipinski definition) is 3. The van der Waals surface area contributed by atoms with Crippen LogP contribution in [0.2, 0.25) is 5.02 Å². The quantitative estimate of drug-likeness (QED) is 0.779. The third kappa shape index (κ3) is 2.74. The van der Waals surface area contributed by atoms with Gasteiger partial charge in [0.2, 0.25) is 18.0 Å². The number of nitrogens with zero attached hydrogens (tertiary/aromatic N) is 2. The summed E-state index contributed by atoms with van der Waals surface area (Å²) in [5, 5.41) is 6.14. The van der Waals surface area contributed by atoms with Crippen molar-refractivity contribution < 1.29 is 9.53 Å². The van der Waals surface area contributed by atoms with E-state index in [4.69, 9.17) is 16.3 Å². The molecule has 1 aliphatic rings. The molecule has 0 saturated carbocycles. The molecular weight excluding hydrogens is 368 g/mol. The number of halogens is 2. The maximum absolute atomic E-state index is 11.9. The van der Waals surface area contributed by atoms with Crippen molar-refractivity contribution in [2.24, 2.45) is 5.10 Å². The van der Waals surface area contributed by atoms with Crippen LogP contribution in [0, 0.1) is 0 Å². The van der Waals surface area contributed by atoms with Gasteiger partial charge in [-0.1, -0.05) is 41.9 Å². The standard InChI is InChI=1S/C16H12BrClN2O2/c1-10(21)20-16(12-7-3-5-9-14(12)18)22-15(19-20)11-6-2-4-8-13(11)17/h2-9,16H,1H3. The zero-order chi connectivity index (χ0) is 15.7. The van der Waals surface area contributed by atoms with Crippen molar-refractivity contribution in [3.63, 3.8) is 0 Å². The first-order valence-corrected chi connectivity index (χ1v) is 7.79. The Morgan fingerprint density at radius 2 is 1.91 bits per heavy atom. The number of carbonyl (C=O) groups is 1. The van der Waals surface area contributed by atoms with Gasteiger partial charge in [-0.05, 0) is 34.1 Å². The molecule has 0 saturated heterocycles. The molecule has 1 heterocycles. The van der Waals surface area contributed by atoms with E-state index in [1.807, 2.05) is 42.5 Å². The second kappa shape index (κ2) is 6.10. The monoisotopic (exact) mass is 378 g/mol. The second-order valence-corrected chi connectivity index (χ2v) is 6.00. The van der Waals surface area contributed by atoms with Crippen LogP contribution in [0.4, 0.5) is 0 Å². The van der Waals surface area contributed by atoms with Gasteiger partial charge < -0.3 is 4.74 Å². The number of carbonyl (C=O) groups excluding carboxylic acids is 1. The highest BCUT2D eigenvalue weighted by Crippen LogP contribution is 2.35. The molecule has 3 rings (SSSR count). The van der Waals surface area contributed by atoms with E-state index in [-0.39, 0.29) is 5.91 Å². The van der Waals surface area contributed by atoms with Crippen molar-refractivity contribution in [1.82, 2.24) is 5.01 Å². The number of benzene rings is 2. The molecule has 1 aliphatic heterocycles. The molecule has 112 valence electrons. The number of rotatable bonds is 2. The summed E-state index contributed by atoms with van der Waals surface area (Å²) >= 11 is 9.68. The fourth-order valence-electron chi connectivity index (χ4n) is 2.19. The van der Waals surface area contributed by atoms with E-state index in [0.717, 1.165) is 10.0 Å². The Labute approximate surface area is 141 Å². The maximum atomic E-state index is 11.9. The second-order valence-electron chi connectivity index (χ2n) is 4.74. The summed E-state index contributed by atoms with van der Waals surface area (Å²) in [5.41, 5.74) is 1.48. The SMILES string of the molecule is CC(=O)N1N=C(c2ccccc2Br)OC1c1ccccc1Cl. The normalized spacial score (nSPS) is 17.1. The molecule has 2 aromatic rings. The van der Waals surface area contributed by atoms with Gasteiger partial charge in [0, 0.05) is 22.0 Å². The molecule has 0 spiro atoms. The summed E-state index contributed by atoms with van der Waals surface area (Å²) in [7, 11) is 0. The average Bonchev–Trinajstić information content (AvgIpc) is 2.93. The van der Waals surface area contributed by atoms with Gasteiger partial charge in [0.15, 0.2) is 0 Å². The fraction of sp³-hybridized carbons (Fsp3) is 0.125. The van der Waals surface area contributed by atoms with Crippen molar-refractivity contribution in [3.05, 3.63) is 69.2 Å².